The molecule has 0 unspecified atom stereocenters. The van der Waals surface area contributed by atoms with Crippen LogP contribution in [0.5, 0.6) is 0 Å². The van der Waals surface area contributed by atoms with Crippen LogP contribution in [0.1, 0.15) is 13.3 Å². The number of hydrogen-bond donors (Lipinski definition) is 0. The SMILES string of the molecule is CCC1(C(=O)N(C)C)N=N1.Cl.Cl.O.O.O.O. The van der Waals surface area contributed by atoms with Crippen LogP contribution >= 0.6 is 24.8 Å². The number of carbonyl (C=O) groups excluding carboxylic acids is 1. The molecule has 0 saturated heterocycles. The molecule has 0 aromatic rings. The van der Waals surface area contributed by atoms with Crippen molar-refractivity contribution in [2.75, 3.05) is 14.1 Å². The van der Waals surface area contributed by atoms with Gasteiger partial charge in [0.2, 0.25) is 0 Å². The molecule has 8 nitrogen and oxygen atoms in total. The van der Waals surface area contributed by atoms with Gasteiger partial charge in [0, 0.05) is 20.5 Å². The third kappa shape index (κ3) is 6.88. The Morgan fingerprint density at radius 1 is 1.06 bits per heavy atom. The smallest absolute Gasteiger partial charge is 0.276 e. The van der Waals surface area contributed by atoms with E-state index in [1.54, 1.807) is 14.1 Å². The summed E-state index contributed by atoms with van der Waals surface area (Å²) in [7, 11) is 3.42. The largest absolute Gasteiger partial charge is 0.412 e. The molecule has 0 radical (unpaired) electrons. The van der Waals surface area contributed by atoms with Gasteiger partial charge in [-0.05, 0) is 0 Å². The highest BCUT2D eigenvalue weighted by atomic mass is 35.5. The second-order valence-electron chi connectivity index (χ2n) is 2.57. The van der Waals surface area contributed by atoms with Gasteiger partial charge in [0.15, 0.2) is 0 Å². The van der Waals surface area contributed by atoms with E-state index in [0.717, 1.165) is 0 Å². The van der Waals surface area contributed by atoms with Crippen molar-refractivity contribution < 1.29 is 26.7 Å². The number of amides is 1. The summed E-state index contributed by atoms with van der Waals surface area (Å²) in [6.07, 6.45) is 0.671. The Bertz CT molecular complexity index is 197. The Balaban J connectivity index is -0.0000000417. The van der Waals surface area contributed by atoms with Gasteiger partial charge in [0.25, 0.3) is 11.6 Å². The van der Waals surface area contributed by atoms with Gasteiger partial charge in [-0.25, -0.2) is 0 Å². The van der Waals surface area contributed by atoms with E-state index in [2.05, 4.69) is 10.2 Å². The van der Waals surface area contributed by atoms with Crippen LogP contribution in [0.15, 0.2) is 10.2 Å². The van der Waals surface area contributed by atoms with Crippen molar-refractivity contribution in [2.24, 2.45) is 10.2 Å². The van der Waals surface area contributed by atoms with Gasteiger partial charge in [-0.3, -0.25) is 4.79 Å². The second kappa shape index (κ2) is 12.6. The van der Waals surface area contributed by atoms with Gasteiger partial charge < -0.3 is 26.8 Å². The minimum absolute atomic E-state index is 0. The number of rotatable bonds is 2. The van der Waals surface area contributed by atoms with E-state index in [9.17, 15) is 4.79 Å². The lowest BCUT2D eigenvalue weighted by atomic mass is 10.1. The van der Waals surface area contributed by atoms with Gasteiger partial charge in [-0.1, -0.05) is 6.92 Å². The molecule has 0 aliphatic carbocycles. The number of hydrogen-bond acceptors (Lipinski definition) is 3. The van der Waals surface area contributed by atoms with Crippen LogP contribution in [0.25, 0.3) is 0 Å². The predicted octanol–water partition coefficient (Wildman–Crippen LogP) is -1.81. The van der Waals surface area contributed by atoms with E-state index in [4.69, 9.17) is 0 Å². The van der Waals surface area contributed by atoms with Crippen LogP contribution in [-0.4, -0.2) is 52.5 Å². The quantitative estimate of drug-likeness (QED) is 0.572. The average Bonchev–Trinajstić information content (AvgIpc) is 2.66. The first kappa shape index (κ1) is 36.1. The lowest BCUT2D eigenvalue weighted by Gasteiger charge is -2.13. The Morgan fingerprint density at radius 3 is 1.44 bits per heavy atom. The highest BCUT2D eigenvalue weighted by Crippen LogP contribution is 2.32. The molecule has 1 aliphatic rings. The summed E-state index contributed by atoms with van der Waals surface area (Å²) in [4.78, 5) is 12.7. The van der Waals surface area contributed by atoms with Gasteiger partial charge in [0.05, 0.1) is 0 Å². The predicted molar refractivity (Wildman–Crippen MR) is 65.5 cm³/mol. The molecule has 1 amide bonds. The van der Waals surface area contributed by atoms with E-state index in [0.29, 0.717) is 6.42 Å². The topological polar surface area (TPSA) is 171 Å². The number of carbonyl (C=O) groups is 1. The summed E-state index contributed by atoms with van der Waals surface area (Å²) >= 11 is 0. The highest BCUT2D eigenvalue weighted by Gasteiger charge is 2.47. The van der Waals surface area contributed by atoms with Crippen LogP contribution < -0.4 is 0 Å². The fourth-order valence-electron chi connectivity index (χ4n) is 0.797. The summed E-state index contributed by atoms with van der Waals surface area (Å²) in [6, 6.07) is 0. The zero-order valence-corrected chi connectivity index (χ0v) is 10.9. The lowest BCUT2D eigenvalue weighted by Crippen LogP contribution is -2.35. The van der Waals surface area contributed by atoms with Crippen LogP contribution in [0.3, 0.4) is 0 Å². The van der Waals surface area contributed by atoms with E-state index in [1.165, 1.54) is 4.90 Å². The summed E-state index contributed by atoms with van der Waals surface area (Å²) in [6.45, 7) is 1.90. The van der Waals surface area contributed by atoms with Crippen molar-refractivity contribution in [3.8, 4) is 0 Å². The summed E-state index contributed by atoms with van der Waals surface area (Å²) in [5.41, 5.74) is -0.691. The van der Waals surface area contributed by atoms with Crippen molar-refractivity contribution >= 4 is 30.7 Å². The Kier molecular flexibility index (Phi) is 28.3. The maximum Gasteiger partial charge on any atom is 0.276 e. The third-order valence-corrected chi connectivity index (χ3v) is 1.58. The highest BCUT2D eigenvalue weighted by molar-refractivity contribution is 5.87. The molecule has 1 rings (SSSR count). The van der Waals surface area contributed by atoms with Gasteiger partial charge in [-0.15, -0.1) is 35.0 Å². The molecule has 16 heavy (non-hydrogen) atoms. The van der Waals surface area contributed by atoms with E-state index >= 15 is 0 Å². The summed E-state index contributed by atoms with van der Waals surface area (Å²) < 4.78 is 0. The molecule has 0 aromatic carbocycles. The number of halogens is 2. The molecule has 1 heterocycles. The normalized spacial score (nSPS) is 11.7. The van der Waals surface area contributed by atoms with Crippen molar-refractivity contribution in [1.82, 2.24) is 4.90 Å². The van der Waals surface area contributed by atoms with Crippen LogP contribution in [0.2, 0.25) is 0 Å². The number of likely N-dealkylation sites (N-methyl/N-ethyl adjacent to an activating group) is 1. The first-order valence-corrected chi connectivity index (χ1v) is 3.28. The molecule has 104 valence electrons. The fourth-order valence-corrected chi connectivity index (χ4v) is 0.797. The first-order chi connectivity index (χ1) is 4.62. The minimum atomic E-state index is -0.691. The maximum atomic E-state index is 11.2. The van der Waals surface area contributed by atoms with E-state index < -0.39 is 5.66 Å². The number of nitrogens with zero attached hydrogens (tertiary/aromatic N) is 3. The van der Waals surface area contributed by atoms with Crippen molar-refractivity contribution in [2.45, 2.75) is 19.0 Å². The maximum absolute atomic E-state index is 11.2. The van der Waals surface area contributed by atoms with Gasteiger partial charge in [0.1, 0.15) is 0 Å². The zero-order valence-electron chi connectivity index (χ0n) is 9.27. The molecule has 0 spiro atoms. The molecule has 10 heteroatoms. The van der Waals surface area contributed by atoms with Crippen LogP contribution in [0, 0.1) is 0 Å². The summed E-state index contributed by atoms with van der Waals surface area (Å²) in [5.74, 6) is -0.0185. The van der Waals surface area contributed by atoms with E-state index in [-0.39, 0.29) is 52.6 Å². The lowest BCUT2D eigenvalue weighted by molar-refractivity contribution is -0.131. The average molecular weight is 286 g/mol. The molecule has 0 aromatic heterocycles. The van der Waals surface area contributed by atoms with Crippen molar-refractivity contribution in [3.63, 3.8) is 0 Å². The monoisotopic (exact) mass is 285 g/mol. The van der Waals surface area contributed by atoms with Gasteiger partial charge >= 0.3 is 0 Å². The second-order valence-corrected chi connectivity index (χ2v) is 2.57. The molecule has 0 saturated carbocycles. The Morgan fingerprint density at radius 2 is 1.38 bits per heavy atom. The van der Waals surface area contributed by atoms with Crippen molar-refractivity contribution in [3.05, 3.63) is 0 Å². The minimum Gasteiger partial charge on any atom is -0.412 e. The molecular weight excluding hydrogens is 265 g/mol. The van der Waals surface area contributed by atoms with E-state index in [1.807, 2.05) is 6.92 Å². The van der Waals surface area contributed by atoms with Crippen molar-refractivity contribution in [1.29, 1.82) is 0 Å². The zero-order chi connectivity index (χ0) is 7.78. The molecular formula is C6H21Cl2N3O5. The Labute approximate surface area is 106 Å². The molecule has 0 bridgehead atoms. The Hall–Kier alpha value is -0.510. The molecule has 1 aliphatic heterocycles. The third-order valence-electron chi connectivity index (χ3n) is 1.58. The van der Waals surface area contributed by atoms with Gasteiger partial charge in [-0.2, -0.15) is 0 Å². The van der Waals surface area contributed by atoms with Crippen LogP contribution in [-0.2, 0) is 4.79 Å². The molecule has 0 fully saturated rings. The standard InChI is InChI=1S/C6H11N3O.2ClH.4H2O/c1-4-6(7-8-6)5(10)9(2)3;;;;;;/h4H2,1-3H3;2*1H;4*1H2. The van der Waals surface area contributed by atoms with Crippen LogP contribution in [0.4, 0.5) is 0 Å². The first-order valence-electron chi connectivity index (χ1n) is 3.28. The fraction of sp³-hybridized carbons (Fsp3) is 0.833. The summed E-state index contributed by atoms with van der Waals surface area (Å²) in [5, 5.41) is 7.41. The molecule has 0 atom stereocenters. The molecule has 8 N–H and O–H groups in total.